The lowest BCUT2D eigenvalue weighted by molar-refractivity contribution is 0.289. The van der Waals surface area contributed by atoms with Crippen LogP contribution in [0.3, 0.4) is 0 Å². The van der Waals surface area contributed by atoms with E-state index >= 15 is 0 Å². The van der Waals surface area contributed by atoms with Gasteiger partial charge in [-0.05, 0) is 30.9 Å². The smallest absolute Gasteiger partial charge is 0.0913 e. The molecule has 0 radical (unpaired) electrons. The quantitative estimate of drug-likeness (QED) is 0.746. The molecule has 1 aliphatic carbocycles. The number of nitrogens with zero attached hydrogens (tertiary/aromatic N) is 2. The van der Waals surface area contributed by atoms with E-state index in [1.54, 1.807) is 18.3 Å². The molecule has 0 spiro atoms. The van der Waals surface area contributed by atoms with Gasteiger partial charge >= 0.3 is 0 Å². The highest BCUT2D eigenvalue weighted by Crippen LogP contribution is 2.38. The number of aromatic nitrogens is 1. The first-order valence-electron chi connectivity index (χ1n) is 4.82. The molecule has 0 amide bonds. The minimum Gasteiger partial charge on any atom is -0.260 e. The highest BCUT2D eigenvalue weighted by Gasteiger charge is 2.29. The first-order chi connectivity index (χ1) is 6.81. The van der Waals surface area contributed by atoms with Gasteiger partial charge in [-0.15, -0.1) is 0 Å². The van der Waals surface area contributed by atoms with E-state index < -0.39 is 0 Å². The molecule has 2 rings (SSSR count). The molecule has 1 aromatic rings. The molecule has 1 atom stereocenters. The van der Waals surface area contributed by atoms with Crippen LogP contribution < -0.4 is 0 Å². The molecule has 1 aromatic heterocycles. The Morgan fingerprint density at radius 1 is 1.57 bits per heavy atom. The van der Waals surface area contributed by atoms with Crippen molar-refractivity contribution >= 4 is 11.6 Å². The van der Waals surface area contributed by atoms with Gasteiger partial charge in [-0.3, -0.25) is 4.98 Å². The summed E-state index contributed by atoms with van der Waals surface area (Å²) in [6, 6.07) is 5.86. The zero-order chi connectivity index (χ0) is 9.97. The largest absolute Gasteiger partial charge is 0.260 e. The standard InChI is InChI=1S/C11H11ClN2/c12-9-4-5-14-11(6-9)10(7-13)8-2-1-3-8/h4-6,8,10H,1-3H2. The topological polar surface area (TPSA) is 36.7 Å². The molecular weight excluding hydrogens is 196 g/mol. The maximum Gasteiger partial charge on any atom is 0.0913 e. The van der Waals surface area contributed by atoms with Crippen LogP contribution >= 0.6 is 11.6 Å². The fraction of sp³-hybridized carbons (Fsp3) is 0.455. The summed E-state index contributed by atoms with van der Waals surface area (Å²) in [6.45, 7) is 0. The average molecular weight is 207 g/mol. The highest BCUT2D eigenvalue weighted by atomic mass is 35.5. The van der Waals surface area contributed by atoms with Crippen molar-refractivity contribution in [1.29, 1.82) is 5.26 Å². The Bertz CT molecular complexity index is 366. The molecule has 0 N–H and O–H groups in total. The summed E-state index contributed by atoms with van der Waals surface area (Å²) in [5, 5.41) is 9.73. The van der Waals surface area contributed by atoms with Crippen molar-refractivity contribution in [2.24, 2.45) is 5.92 Å². The van der Waals surface area contributed by atoms with E-state index in [-0.39, 0.29) is 5.92 Å². The van der Waals surface area contributed by atoms with Crippen molar-refractivity contribution in [2.45, 2.75) is 25.2 Å². The minimum atomic E-state index is -0.0672. The van der Waals surface area contributed by atoms with Crippen LogP contribution in [0.5, 0.6) is 0 Å². The second-order valence-corrected chi connectivity index (χ2v) is 4.13. The van der Waals surface area contributed by atoms with Gasteiger partial charge < -0.3 is 0 Å². The molecular formula is C11H11ClN2. The number of nitriles is 1. The van der Waals surface area contributed by atoms with Crippen LogP contribution in [0.15, 0.2) is 18.3 Å². The van der Waals surface area contributed by atoms with Crippen molar-refractivity contribution in [3.8, 4) is 6.07 Å². The number of halogens is 1. The molecule has 2 nitrogen and oxygen atoms in total. The van der Waals surface area contributed by atoms with Crippen LogP contribution in [0, 0.1) is 17.2 Å². The van der Waals surface area contributed by atoms with Gasteiger partial charge in [-0.25, -0.2) is 0 Å². The van der Waals surface area contributed by atoms with Crippen molar-refractivity contribution in [1.82, 2.24) is 4.98 Å². The Morgan fingerprint density at radius 3 is 2.86 bits per heavy atom. The molecule has 0 aliphatic heterocycles. The third-order valence-corrected chi connectivity index (χ3v) is 3.06. The van der Waals surface area contributed by atoms with Crippen LogP contribution in [-0.4, -0.2) is 4.98 Å². The molecule has 14 heavy (non-hydrogen) atoms. The zero-order valence-corrected chi connectivity index (χ0v) is 8.54. The van der Waals surface area contributed by atoms with E-state index in [2.05, 4.69) is 11.1 Å². The highest BCUT2D eigenvalue weighted by molar-refractivity contribution is 6.30. The molecule has 0 aromatic carbocycles. The van der Waals surface area contributed by atoms with Crippen molar-refractivity contribution < 1.29 is 0 Å². The Balaban J connectivity index is 2.23. The van der Waals surface area contributed by atoms with E-state index in [0.717, 1.165) is 18.5 Å². The van der Waals surface area contributed by atoms with Gasteiger partial charge in [0.15, 0.2) is 0 Å². The van der Waals surface area contributed by atoms with Crippen molar-refractivity contribution in [2.75, 3.05) is 0 Å². The SMILES string of the molecule is N#CC(c1cc(Cl)ccn1)C1CCC1. The molecule has 1 saturated carbocycles. The zero-order valence-electron chi connectivity index (χ0n) is 7.78. The van der Waals surface area contributed by atoms with Crippen LogP contribution in [0.25, 0.3) is 0 Å². The minimum absolute atomic E-state index is 0.0672. The maximum absolute atomic E-state index is 9.07. The lowest BCUT2D eigenvalue weighted by Gasteiger charge is -2.29. The average Bonchev–Trinajstić information content (AvgIpc) is 2.10. The van der Waals surface area contributed by atoms with E-state index in [1.165, 1.54) is 6.42 Å². The Morgan fingerprint density at radius 2 is 2.36 bits per heavy atom. The van der Waals surface area contributed by atoms with Gasteiger partial charge in [0.1, 0.15) is 0 Å². The van der Waals surface area contributed by atoms with E-state index in [4.69, 9.17) is 16.9 Å². The predicted molar refractivity (Wildman–Crippen MR) is 54.9 cm³/mol. The molecule has 0 saturated heterocycles. The summed E-state index contributed by atoms with van der Waals surface area (Å²) in [4.78, 5) is 4.21. The lowest BCUT2D eigenvalue weighted by Crippen LogP contribution is -2.19. The lowest BCUT2D eigenvalue weighted by atomic mass is 9.75. The molecule has 1 unspecified atom stereocenters. The van der Waals surface area contributed by atoms with Gasteiger partial charge in [0.25, 0.3) is 0 Å². The second kappa shape index (κ2) is 3.98. The first-order valence-corrected chi connectivity index (χ1v) is 5.20. The van der Waals surface area contributed by atoms with E-state index in [0.29, 0.717) is 10.9 Å². The van der Waals surface area contributed by atoms with Crippen molar-refractivity contribution in [3.05, 3.63) is 29.0 Å². The van der Waals surface area contributed by atoms with Crippen LogP contribution in [0.4, 0.5) is 0 Å². The van der Waals surface area contributed by atoms with E-state index in [1.807, 2.05) is 0 Å². The Kier molecular flexibility index (Phi) is 2.69. The monoisotopic (exact) mass is 206 g/mol. The van der Waals surface area contributed by atoms with Gasteiger partial charge in [0.05, 0.1) is 17.7 Å². The molecule has 72 valence electrons. The van der Waals surface area contributed by atoms with Crippen LogP contribution in [-0.2, 0) is 0 Å². The Hall–Kier alpha value is -1.07. The summed E-state index contributed by atoms with van der Waals surface area (Å²) < 4.78 is 0. The van der Waals surface area contributed by atoms with Crippen molar-refractivity contribution in [3.63, 3.8) is 0 Å². The number of pyridine rings is 1. The number of hydrogen-bond acceptors (Lipinski definition) is 2. The normalized spacial score (nSPS) is 18.3. The predicted octanol–water partition coefficient (Wildman–Crippen LogP) is 3.14. The summed E-state index contributed by atoms with van der Waals surface area (Å²) in [7, 11) is 0. The first kappa shape index (κ1) is 9.48. The number of hydrogen-bond donors (Lipinski definition) is 0. The fourth-order valence-electron chi connectivity index (χ4n) is 1.78. The van der Waals surface area contributed by atoms with Gasteiger partial charge in [0, 0.05) is 11.2 Å². The van der Waals surface area contributed by atoms with E-state index in [9.17, 15) is 0 Å². The summed E-state index contributed by atoms with van der Waals surface area (Å²) >= 11 is 5.86. The van der Waals surface area contributed by atoms with Gasteiger partial charge in [0.2, 0.25) is 0 Å². The molecule has 1 aliphatic rings. The molecule has 1 fully saturated rings. The summed E-state index contributed by atoms with van der Waals surface area (Å²) in [5.74, 6) is 0.424. The Labute approximate surface area is 88.5 Å². The van der Waals surface area contributed by atoms with Crippen LogP contribution in [0.2, 0.25) is 5.02 Å². The summed E-state index contributed by atoms with van der Waals surface area (Å²) in [6.07, 6.45) is 5.20. The third kappa shape index (κ3) is 1.73. The maximum atomic E-state index is 9.07. The molecule has 1 heterocycles. The number of rotatable bonds is 2. The van der Waals surface area contributed by atoms with Gasteiger partial charge in [-0.1, -0.05) is 18.0 Å². The molecule has 0 bridgehead atoms. The van der Waals surface area contributed by atoms with Crippen LogP contribution in [0.1, 0.15) is 30.9 Å². The second-order valence-electron chi connectivity index (χ2n) is 3.70. The fourth-order valence-corrected chi connectivity index (χ4v) is 1.95. The molecule has 3 heteroatoms. The van der Waals surface area contributed by atoms with Gasteiger partial charge in [-0.2, -0.15) is 5.26 Å². The summed E-state index contributed by atoms with van der Waals surface area (Å²) in [5.41, 5.74) is 0.824. The third-order valence-electron chi connectivity index (χ3n) is 2.82.